The molecule has 3 rings (SSSR count). The Hall–Kier alpha value is -0.730. The first-order valence-corrected chi connectivity index (χ1v) is 8.42. The minimum Gasteiger partial charge on any atom is -0.462 e. The fourth-order valence-corrected chi connectivity index (χ4v) is 3.20. The summed E-state index contributed by atoms with van der Waals surface area (Å²) in [6.07, 6.45) is -2.13. The number of hydrogen-bond acceptors (Lipinski definition) is 7. The summed E-state index contributed by atoms with van der Waals surface area (Å²) in [4.78, 5) is 12.1. The number of rotatable bonds is 2. The van der Waals surface area contributed by atoms with Crippen molar-refractivity contribution in [3.63, 3.8) is 0 Å². The van der Waals surface area contributed by atoms with Crippen molar-refractivity contribution in [2.24, 2.45) is 5.41 Å². The van der Waals surface area contributed by atoms with Gasteiger partial charge in [-0.25, -0.2) is 0 Å². The van der Waals surface area contributed by atoms with Crippen LogP contribution in [-0.2, 0) is 33.2 Å². The summed E-state index contributed by atoms with van der Waals surface area (Å²) in [7, 11) is 0. The van der Waals surface area contributed by atoms with E-state index in [2.05, 4.69) is 0 Å². The van der Waals surface area contributed by atoms with E-state index in [4.69, 9.17) is 28.4 Å². The first kappa shape index (κ1) is 18.1. The van der Waals surface area contributed by atoms with Gasteiger partial charge < -0.3 is 28.4 Å². The molecule has 0 spiro atoms. The Bertz CT molecular complexity index is 508. The maximum atomic E-state index is 12.1. The van der Waals surface area contributed by atoms with Crippen LogP contribution in [0.4, 0.5) is 0 Å². The number of carbonyl (C=O) groups excluding carboxylic acids is 1. The Morgan fingerprint density at radius 2 is 1.46 bits per heavy atom. The van der Waals surface area contributed by atoms with E-state index in [1.165, 1.54) is 0 Å². The molecule has 0 saturated carbocycles. The molecule has 3 unspecified atom stereocenters. The topological polar surface area (TPSA) is 72.5 Å². The van der Waals surface area contributed by atoms with Crippen LogP contribution in [0, 0.1) is 5.41 Å². The molecule has 7 nitrogen and oxygen atoms in total. The zero-order chi connectivity index (χ0) is 17.9. The molecule has 3 saturated heterocycles. The lowest BCUT2D eigenvalue weighted by Gasteiger charge is -2.37. The van der Waals surface area contributed by atoms with Crippen molar-refractivity contribution < 1.29 is 33.2 Å². The van der Waals surface area contributed by atoms with E-state index in [1.54, 1.807) is 0 Å². The molecule has 0 amide bonds. The maximum absolute atomic E-state index is 12.1. The summed E-state index contributed by atoms with van der Waals surface area (Å²) in [6, 6.07) is 0. The molecule has 0 aromatic rings. The molecule has 3 fully saturated rings. The predicted molar refractivity (Wildman–Crippen MR) is 82.9 cm³/mol. The average Bonchev–Trinajstić information content (AvgIpc) is 2.88. The second-order valence-electron chi connectivity index (χ2n) is 8.56. The molecule has 3 aliphatic rings. The number of esters is 1. The van der Waals surface area contributed by atoms with Gasteiger partial charge >= 0.3 is 5.97 Å². The van der Waals surface area contributed by atoms with E-state index in [9.17, 15) is 4.79 Å². The largest absolute Gasteiger partial charge is 0.462 e. The number of fused-ring (bicyclic) bond motifs is 3. The minimum absolute atomic E-state index is 0.0870. The van der Waals surface area contributed by atoms with E-state index in [-0.39, 0.29) is 30.9 Å². The van der Waals surface area contributed by atoms with Gasteiger partial charge in [0.25, 0.3) is 0 Å². The van der Waals surface area contributed by atoms with Gasteiger partial charge in [-0.15, -0.1) is 0 Å². The van der Waals surface area contributed by atoms with E-state index in [0.29, 0.717) is 0 Å². The Balaban J connectivity index is 1.74. The van der Waals surface area contributed by atoms with Gasteiger partial charge in [-0.2, -0.15) is 0 Å². The molecule has 0 aliphatic carbocycles. The van der Waals surface area contributed by atoms with E-state index in [0.717, 1.165) is 0 Å². The smallest absolute Gasteiger partial charge is 0.311 e. The average molecular weight is 344 g/mol. The zero-order valence-electron chi connectivity index (χ0n) is 15.5. The van der Waals surface area contributed by atoms with Gasteiger partial charge in [-0.1, -0.05) is 0 Å². The Labute approximate surface area is 142 Å². The van der Waals surface area contributed by atoms with Crippen LogP contribution in [-0.4, -0.2) is 54.9 Å². The first-order valence-electron chi connectivity index (χ1n) is 8.42. The molecule has 7 heteroatoms. The number of hydrogen-bond donors (Lipinski definition) is 0. The van der Waals surface area contributed by atoms with Crippen molar-refractivity contribution >= 4 is 5.97 Å². The molecule has 3 heterocycles. The molecule has 3 aliphatic heterocycles. The SMILES string of the molecule is CC1(C)OC2O[C@H](COC(=O)C(C)(C)C)C3OC(C)(C)O[C@@H]3C2O1. The summed E-state index contributed by atoms with van der Waals surface area (Å²) in [5, 5.41) is 0. The van der Waals surface area contributed by atoms with E-state index >= 15 is 0 Å². The van der Waals surface area contributed by atoms with Crippen LogP contribution in [0.3, 0.4) is 0 Å². The lowest BCUT2D eigenvalue weighted by molar-refractivity contribution is -0.243. The van der Waals surface area contributed by atoms with Crippen LogP contribution in [0.1, 0.15) is 48.5 Å². The highest BCUT2D eigenvalue weighted by molar-refractivity contribution is 5.75. The molecule has 0 aromatic carbocycles. The first-order chi connectivity index (χ1) is 10.9. The van der Waals surface area contributed by atoms with Gasteiger partial charge in [0.2, 0.25) is 0 Å². The van der Waals surface area contributed by atoms with Crippen molar-refractivity contribution in [3.8, 4) is 0 Å². The van der Waals surface area contributed by atoms with Gasteiger partial charge in [0.1, 0.15) is 31.0 Å². The standard InChI is InChI=1S/C17H28O7/c1-15(2,3)14(18)19-8-9-10-11(22-16(4,5)21-10)12-13(20-9)24-17(6,7)23-12/h9-13H,8H2,1-7H3/t9-,10?,11+,12?,13?/m1/s1. The summed E-state index contributed by atoms with van der Waals surface area (Å²) in [5.74, 6) is -1.80. The van der Waals surface area contributed by atoms with Gasteiger partial charge in [-0.05, 0) is 48.5 Å². The van der Waals surface area contributed by atoms with Crippen LogP contribution >= 0.6 is 0 Å². The number of ether oxygens (including phenoxy) is 6. The quantitative estimate of drug-likeness (QED) is 0.709. The third-order valence-electron chi connectivity index (χ3n) is 4.24. The Morgan fingerprint density at radius 3 is 2.08 bits per heavy atom. The fourth-order valence-electron chi connectivity index (χ4n) is 3.20. The molecule has 0 radical (unpaired) electrons. The third kappa shape index (κ3) is 3.46. The fraction of sp³-hybridized carbons (Fsp3) is 0.941. The minimum atomic E-state index is -0.757. The molecule has 0 N–H and O–H groups in total. The van der Waals surface area contributed by atoms with Crippen molar-refractivity contribution in [2.45, 2.75) is 90.7 Å². The van der Waals surface area contributed by atoms with E-state index in [1.807, 2.05) is 48.5 Å². The summed E-state index contributed by atoms with van der Waals surface area (Å²) < 4.78 is 35.2. The van der Waals surface area contributed by atoms with Crippen molar-refractivity contribution in [1.82, 2.24) is 0 Å². The second kappa shape index (κ2) is 5.64. The molecule has 0 bridgehead atoms. The molecular formula is C17H28O7. The molecule has 24 heavy (non-hydrogen) atoms. The molecule has 5 atom stereocenters. The van der Waals surface area contributed by atoms with Gasteiger partial charge in [0, 0.05) is 0 Å². The van der Waals surface area contributed by atoms with Gasteiger partial charge in [-0.3, -0.25) is 4.79 Å². The van der Waals surface area contributed by atoms with Crippen LogP contribution < -0.4 is 0 Å². The summed E-state index contributed by atoms with van der Waals surface area (Å²) in [5.41, 5.74) is -0.572. The van der Waals surface area contributed by atoms with Crippen molar-refractivity contribution in [3.05, 3.63) is 0 Å². The monoisotopic (exact) mass is 344 g/mol. The summed E-state index contributed by atoms with van der Waals surface area (Å²) >= 11 is 0. The van der Waals surface area contributed by atoms with Crippen LogP contribution in [0.15, 0.2) is 0 Å². The second-order valence-corrected chi connectivity index (χ2v) is 8.56. The third-order valence-corrected chi connectivity index (χ3v) is 4.24. The van der Waals surface area contributed by atoms with Crippen LogP contribution in [0.5, 0.6) is 0 Å². The highest BCUT2D eigenvalue weighted by Crippen LogP contribution is 2.44. The van der Waals surface area contributed by atoms with Crippen LogP contribution in [0.2, 0.25) is 0 Å². The maximum Gasteiger partial charge on any atom is 0.311 e. The zero-order valence-corrected chi connectivity index (χ0v) is 15.5. The Kier molecular flexibility index (Phi) is 4.25. The van der Waals surface area contributed by atoms with Crippen molar-refractivity contribution in [1.29, 1.82) is 0 Å². The lowest BCUT2D eigenvalue weighted by atomic mass is 9.97. The predicted octanol–water partition coefficient (Wildman–Crippen LogP) is 1.97. The van der Waals surface area contributed by atoms with Gasteiger partial charge in [0.15, 0.2) is 17.9 Å². The van der Waals surface area contributed by atoms with Gasteiger partial charge in [0.05, 0.1) is 5.41 Å². The molecule has 138 valence electrons. The lowest BCUT2D eigenvalue weighted by Crippen LogP contribution is -2.56. The molecular weight excluding hydrogens is 316 g/mol. The summed E-state index contributed by atoms with van der Waals surface area (Å²) in [6.45, 7) is 12.9. The highest BCUT2D eigenvalue weighted by atomic mass is 16.9. The normalized spacial score (nSPS) is 40.0. The number of carbonyl (C=O) groups is 1. The Morgan fingerprint density at radius 1 is 0.917 bits per heavy atom. The highest BCUT2D eigenvalue weighted by Gasteiger charge is 2.60. The van der Waals surface area contributed by atoms with Crippen molar-refractivity contribution in [2.75, 3.05) is 6.61 Å². The van der Waals surface area contributed by atoms with E-state index < -0.39 is 29.4 Å². The van der Waals surface area contributed by atoms with Crippen LogP contribution in [0.25, 0.3) is 0 Å². The molecule has 0 aromatic heterocycles.